The molecule has 22 heavy (non-hydrogen) atoms. The highest BCUT2D eigenvalue weighted by Crippen LogP contribution is 2.18. The Balaban J connectivity index is 3.27. The molecule has 0 saturated heterocycles. The second-order valence-corrected chi connectivity index (χ2v) is 6.66. The van der Waals surface area contributed by atoms with Crippen molar-refractivity contribution in [3.8, 4) is 0 Å². The number of hydrogen-bond acceptors (Lipinski definition) is 2. The van der Waals surface area contributed by atoms with Crippen molar-refractivity contribution >= 4 is 5.97 Å². The minimum absolute atomic E-state index is 0.320. The van der Waals surface area contributed by atoms with Crippen molar-refractivity contribution in [2.45, 2.75) is 103 Å². The smallest absolute Gasteiger partial charge is 0.303 e. The molecule has 0 spiro atoms. The van der Waals surface area contributed by atoms with E-state index in [1.54, 1.807) is 0 Å². The molecule has 3 nitrogen and oxygen atoms in total. The number of aliphatic hydroxyl groups excluding tert-OH is 1. The summed E-state index contributed by atoms with van der Waals surface area (Å²) in [6.45, 7) is 2.59. The number of aliphatic hydroxyl groups is 1. The molecule has 2 N–H and O–H groups in total. The van der Waals surface area contributed by atoms with Gasteiger partial charge in [-0.05, 0) is 25.2 Å². The van der Waals surface area contributed by atoms with Crippen molar-refractivity contribution in [2.24, 2.45) is 5.92 Å². The second-order valence-electron chi connectivity index (χ2n) is 6.66. The van der Waals surface area contributed by atoms with Crippen molar-refractivity contribution in [3.05, 3.63) is 0 Å². The third-order valence-corrected chi connectivity index (χ3v) is 4.48. The fraction of sp³-hybridized carbons (Fsp3) is 0.947. The maximum atomic E-state index is 10.4. The van der Waals surface area contributed by atoms with Crippen molar-refractivity contribution in [1.82, 2.24) is 0 Å². The van der Waals surface area contributed by atoms with Gasteiger partial charge in [0.05, 0.1) is 0 Å². The SMILES string of the molecule is CCCCCCC(CO)CCCCCCCCCCC(=O)O. The highest BCUT2D eigenvalue weighted by atomic mass is 16.4. The Morgan fingerprint density at radius 2 is 1.23 bits per heavy atom. The summed E-state index contributed by atoms with van der Waals surface area (Å²) in [5, 5.41) is 17.9. The molecule has 132 valence electrons. The molecule has 0 aromatic heterocycles. The average molecular weight is 315 g/mol. The van der Waals surface area contributed by atoms with Crippen LogP contribution < -0.4 is 0 Å². The van der Waals surface area contributed by atoms with Gasteiger partial charge in [0.15, 0.2) is 0 Å². The summed E-state index contributed by atoms with van der Waals surface area (Å²) >= 11 is 0. The van der Waals surface area contributed by atoms with Crippen LogP contribution in [-0.4, -0.2) is 22.8 Å². The number of hydrogen-bond donors (Lipinski definition) is 2. The van der Waals surface area contributed by atoms with Gasteiger partial charge in [0.1, 0.15) is 0 Å². The number of carboxylic acids is 1. The van der Waals surface area contributed by atoms with Crippen LogP contribution in [0, 0.1) is 5.92 Å². The van der Waals surface area contributed by atoms with Gasteiger partial charge in [-0.1, -0.05) is 77.6 Å². The predicted molar refractivity (Wildman–Crippen MR) is 93.1 cm³/mol. The summed E-state index contributed by atoms with van der Waals surface area (Å²) in [7, 11) is 0. The first kappa shape index (κ1) is 21.4. The highest BCUT2D eigenvalue weighted by Gasteiger charge is 2.06. The molecule has 0 rings (SSSR count). The average Bonchev–Trinajstić information content (AvgIpc) is 2.50. The number of carboxylic acid groups (broad SMARTS) is 1. The first-order valence-corrected chi connectivity index (χ1v) is 9.53. The molecular formula is C19H38O3. The van der Waals surface area contributed by atoms with E-state index in [4.69, 9.17) is 5.11 Å². The Hall–Kier alpha value is -0.570. The van der Waals surface area contributed by atoms with Gasteiger partial charge in [-0.15, -0.1) is 0 Å². The summed E-state index contributed by atoms with van der Waals surface area (Å²) < 4.78 is 0. The van der Waals surface area contributed by atoms with Crippen molar-refractivity contribution < 1.29 is 15.0 Å². The molecule has 0 aromatic carbocycles. The largest absolute Gasteiger partial charge is 0.481 e. The van der Waals surface area contributed by atoms with E-state index in [2.05, 4.69) is 6.92 Å². The molecule has 3 heteroatoms. The Labute approximate surface area is 137 Å². The molecule has 1 unspecified atom stereocenters. The lowest BCUT2D eigenvalue weighted by Crippen LogP contribution is -2.06. The third kappa shape index (κ3) is 15.8. The number of rotatable bonds is 17. The maximum absolute atomic E-state index is 10.4. The van der Waals surface area contributed by atoms with Crippen LogP contribution in [0.25, 0.3) is 0 Å². The highest BCUT2D eigenvalue weighted by molar-refractivity contribution is 5.66. The quantitative estimate of drug-likeness (QED) is 0.346. The summed E-state index contributed by atoms with van der Waals surface area (Å²) in [6, 6.07) is 0. The molecule has 0 aliphatic heterocycles. The summed E-state index contributed by atoms with van der Waals surface area (Å²) in [4.78, 5) is 10.4. The lowest BCUT2D eigenvalue weighted by molar-refractivity contribution is -0.137. The van der Waals surface area contributed by atoms with E-state index in [0.29, 0.717) is 18.9 Å². The molecule has 1 atom stereocenters. The number of aliphatic carboxylic acids is 1. The van der Waals surface area contributed by atoms with E-state index in [-0.39, 0.29) is 0 Å². The summed E-state index contributed by atoms with van der Waals surface area (Å²) in [5.74, 6) is -0.152. The zero-order valence-electron chi connectivity index (χ0n) is 14.7. The number of carbonyl (C=O) groups is 1. The van der Waals surface area contributed by atoms with Gasteiger partial charge in [0, 0.05) is 13.0 Å². The van der Waals surface area contributed by atoms with E-state index >= 15 is 0 Å². The van der Waals surface area contributed by atoms with Crippen molar-refractivity contribution in [2.75, 3.05) is 6.61 Å². The minimum atomic E-state index is -0.673. The Morgan fingerprint density at radius 1 is 0.773 bits per heavy atom. The Bertz CT molecular complexity index is 241. The fourth-order valence-electron chi connectivity index (χ4n) is 2.96. The molecular weight excluding hydrogens is 276 g/mol. The van der Waals surface area contributed by atoms with Gasteiger partial charge in [0.25, 0.3) is 0 Å². The molecule has 0 heterocycles. The maximum Gasteiger partial charge on any atom is 0.303 e. The van der Waals surface area contributed by atoms with Gasteiger partial charge in [-0.25, -0.2) is 0 Å². The summed E-state index contributed by atoms with van der Waals surface area (Å²) in [6.07, 6.45) is 17.3. The van der Waals surface area contributed by atoms with Crippen LogP contribution in [0.5, 0.6) is 0 Å². The standard InChI is InChI=1S/C19H38O3/c1-2-3-4-11-14-18(17-20)15-12-9-7-5-6-8-10-13-16-19(21)22/h18,20H,2-17H2,1H3,(H,21,22). The van der Waals surface area contributed by atoms with E-state index in [1.807, 2.05) is 0 Å². The molecule has 0 aliphatic rings. The van der Waals surface area contributed by atoms with Crippen LogP contribution in [0.1, 0.15) is 103 Å². The monoisotopic (exact) mass is 314 g/mol. The van der Waals surface area contributed by atoms with Crippen LogP contribution in [0.4, 0.5) is 0 Å². The van der Waals surface area contributed by atoms with E-state index in [9.17, 15) is 9.90 Å². The zero-order chi connectivity index (χ0) is 16.5. The van der Waals surface area contributed by atoms with Gasteiger partial charge in [-0.3, -0.25) is 4.79 Å². The van der Waals surface area contributed by atoms with E-state index in [1.165, 1.54) is 77.0 Å². The predicted octanol–water partition coefficient (Wildman–Crippen LogP) is 5.55. The lowest BCUT2D eigenvalue weighted by atomic mass is 9.95. The van der Waals surface area contributed by atoms with Crippen molar-refractivity contribution in [1.29, 1.82) is 0 Å². The van der Waals surface area contributed by atoms with E-state index in [0.717, 1.165) is 12.8 Å². The topological polar surface area (TPSA) is 57.5 Å². The van der Waals surface area contributed by atoms with Crippen LogP contribution in [-0.2, 0) is 4.79 Å². The van der Waals surface area contributed by atoms with Gasteiger partial charge in [-0.2, -0.15) is 0 Å². The van der Waals surface area contributed by atoms with Crippen LogP contribution in [0.15, 0.2) is 0 Å². The second kappa shape index (κ2) is 16.8. The summed E-state index contributed by atoms with van der Waals surface area (Å²) in [5.41, 5.74) is 0. The first-order valence-electron chi connectivity index (χ1n) is 9.53. The Morgan fingerprint density at radius 3 is 1.68 bits per heavy atom. The fourth-order valence-corrected chi connectivity index (χ4v) is 2.96. The molecule has 0 aliphatic carbocycles. The van der Waals surface area contributed by atoms with Crippen LogP contribution in [0.3, 0.4) is 0 Å². The first-order chi connectivity index (χ1) is 10.7. The van der Waals surface area contributed by atoms with Gasteiger partial charge >= 0.3 is 5.97 Å². The lowest BCUT2D eigenvalue weighted by Gasteiger charge is -2.13. The van der Waals surface area contributed by atoms with Gasteiger partial charge < -0.3 is 10.2 Å². The normalized spacial score (nSPS) is 12.5. The number of unbranched alkanes of at least 4 members (excludes halogenated alkanes) is 10. The van der Waals surface area contributed by atoms with Gasteiger partial charge in [0.2, 0.25) is 0 Å². The van der Waals surface area contributed by atoms with Crippen molar-refractivity contribution in [3.63, 3.8) is 0 Å². The van der Waals surface area contributed by atoms with Crippen LogP contribution >= 0.6 is 0 Å². The molecule has 0 fully saturated rings. The third-order valence-electron chi connectivity index (χ3n) is 4.48. The Kier molecular flexibility index (Phi) is 16.4. The molecule has 0 amide bonds. The van der Waals surface area contributed by atoms with E-state index < -0.39 is 5.97 Å². The molecule has 0 bridgehead atoms. The minimum Gasteiger partial charge on any atom is -0.481 e. The molecule has 0 radical (unpaired) electrons. The molecule has 0 aromatic rings. The molecule has 0 saturated carbocycles. The zero-order valence-corrected chi connectivity index (χ0v) is 14.7. The van der Waals surface area contributed by atoms with Crippen LogP contribution in [0.2, 0.25) is 0 Å².